The lowest BCUT2D eigenvalue weighted by Crippen LogP contribution is -2.45. The summed E-state index contributed by atoms with van der Waals surface area (Å²) < 4.78 is 5.05. The van der Waals surface area contributed by atoms with Gasteiger partial charge in [-0.3, -0.25) is 4.79 Å². The molecule has 0 saturated carbocycles. The van der Waals surface area contributed by atoms with E-state index >= 15 is 0 Å². The normalized spacial score (nSPS) is 23.5. The molecule has 15 heavy (non-hydrogen) atoms. The lowest BCUT2D eigenvalue weighted by Gasteiger charge is -2.24. The smallest absolute Gasteiger partial charge is 0.224 e. The van der Waals surface area contributed by atoms with Gasteiger partial charge >= 0.3 is 0 Å². The summed E-state index contributed by atoms with van der Waals surface area (Å²) in [5, 5.41) is 6.28. The summed E-state index contributed by atoms with van der Waals surface area (Å²) in [4.78, 5) is 11.8. The highest BCUT2D eigenvalue weighted by Crippen LogP contribution is 2.10. The number of carbonyl (C=O) groups is 1. The maximum absolute atomic E-state index is 11.8. The van der Waals surface area contributed by atoms with Crippen LogP contribution in [0.1, 0.15) is 26.2 Å². The molecule has 1 amide bonds. The van der Waals surface area contributed by atoms with Crippen molar-refractivity contribution < 1.29 is 9.53 Å². The SMILES string of the molecule is CCC(COC)NC(=O)[C@@H]1CCCNC1. The summed E-state index contributed by atoms with van der Waals surface area (Å²) in [6.07, 6.45) is 3.02. The number of ether oxygens (including phenoxy) is 1. The Balaban J connectivity index is 2.31. The summed E-state index contributed by atoms with van der Waals surface area (Å²) in [7, 11) is 1.66. The third-order valence-electron chi connectivity index (χ3n) is 2.87. The van der Waals surface area contributed by atoms with Gasteiger partial charge in [-0.1, -0.05) is 6.92 Å². The Labute approximate surface area is 91.8 Å². The fourth-order valence-corrected chi connectivity index (χ4v) is 1.86. The minimum Gasteiger partial charge on any atom is -0.383 e. The largest absolute Gasteiger partial charge is 0.383 e. The monoisotopic (exact) mass is 214 g/mol. The van der Waals surface area contributed by atoms with E-state index in [1.807, 2.05) is 0 Å². The van der Waals surface area contributed by atoms with Gasteiger partial charge in [-0.2, -0.15) is 0 Å². The van der Waals surface area contributed by atoms with E-state index in [9.17, 15) is 4.79 Å². The van der Waals surface area contributed by atoms with E-state index in [1.54, 1.807) is 7.11 Å². The molecule has 0 aliphatic carbocycles. The number of carbonyl (C=O) groups excluding carboxylic acids is 1. The number of methoxy groups -OCH3 is 1. The van der Waals surface area contributed by atoms with Crippen molar-refractivity contribution in [1.82, 2.24) is 10.6 Å². The van der Waals surface area contributed by atoms with Crippen molar-refractivity contribution in [3.8, 4) is 0 Å². The lowest BCUT2D eigenvalue weighted by molar-refractivity contribution is -0.126. The topological polar surface area (TPSA) is 50.4 Å². The van der Waals surface area contributed by atoms with Gasteiger partial charge in [-0.05, 0) is 25.8 Å². The molecule has 1 aliphatic heterocycles. The van der Waals surface area contributed by atoms with Crippen LogP contribution in [0.15, 0.2) is 0 Å². The maximum atomic E-state index is 11.8. The van der Waals surface area contributed by atoms with Gasteiger partial charge in [0.2, 0.25) is 5.91 Å². The summed E-state index contributed by atoms with van der Waals surface area (Å²) in [6.45, 7) is 4.51. The number of hydrogen-bond acceptors (Lipinski definition) is 3. The average Bonchev–Trinajstić information content (AvgIpc) is 2.29. The van der Waals surface area contributed by atoms with Crippen LogP contribution >= 0.6 is 0 Å². The second-order valence-corrected chi connectivity index (χ2v) is 4.11. The first-order valence-electron chi connectivity index (χ1n) is 5.78. The molecule has 0 spiro atoms. The first-order chi connectivity index (χ1) is 7.27. The number of hydrogen-bond donors (Lipinski definition) is 2. The van der Waals surface area contributed by atoms with E-state index in [1.165, 1.54) is 0 Å². The standard InChI is InChI=1S/C11H22N2O2/c1-3-10(8-15-2)13-11(14)9-5-4-6-12-7-9/h9-10,12H,3-8H2,1-2H3,(H,13,14)/t9-,10?/m1/s1. The predicted octanol–water partition coefficient (Wildman–Crippen LogP) is 0.527. The van der Waals surface area contributed by atoms with Crippen molar-refractivity contribution in [1.29, 1.82) is 0 Å². The molecule has 2 atom stereocenters. The highest BCUT2D eigenvalue weighted by atomic mass is 16.5. The zero-order valence-electron chi connectivity index (χ0n) is 9.71. The van der Waals surface area contributed by atoms with Crippen LogP contribution in [0.3, 0.4) is 0 Å². The van der Waals surface area contributed by atoms with Crippen molar-refractivity contribution in [3.05, 3.63) is 0 Å². The van der Waals surface area contributed by atoms with Crippen molar-refractivity contribution in [2.75, 3.05) is 26.8 Å². The molecule has 88 valence electrons. The molecule has 1 unspecified atom stereocenters. The highest BCUT2D eigenvalue weighted by Gasteiger charge is 2.22. The third-order valence-corrected chi connectivity index (χ3v) is 2.87. The molecule has 1 saturated heterocycles. The number of piperidine rings is 1. The zero-order valence-corrected chi connectivity index (χ0v) is 9.71. The molecule has 1 aliphatic rings. The van der Waals surface area contributed by atoms with Crippen molar-refractivity contribution in [3.63, 3.8) is 0 Å². The van der Waals surface area contributed by atoms with E-state index in [-0.39, 0.29) is 17.9 Å². The molecule has 0 aromatic carbocycles. The Bertz CT molecular complexity index is 191. The van der Waals surface area contributed by atoms with E-state index in [0.29, 0.717) is 6.61 Å². The van der Waals surface area contributed by atoms with Gasteiger partial charge in [0.25, 0.3) is 0 Å². The van der Waals surface area contributed by atoms with Gasteiger partial charge in [0.15, 0.2) is 0 Å². The molecule has 1 heterocycles. The average molecular weight is 214 g/mol. The van der Waals surface area contributed by atoms with Crippen LogP contribution in [0, 0.1) is 5.92 Å². The Morgan fingerprint density at radius 2 is 2.47 bits per heavy atom. The molecular formula is C11H22N2O2. The van der Waals surface area contributed by atoms with Gasteiger partial charge in [-0.25, -0.2) is 0 Å². The van der Waals surface area contributed by atoms with Crippen LogP contribution in [0.4, 0.5) is 0 Å². The molecule has 1 rings (SSSR count). The highest BCUT2D eigenvalue weighted by molar-refractivity contribution is 5.79. The Morgan fingerprint density at radius 1 is 1.67 bits per heavy atom. The molecule has 4 nitrogen and oxygen atoms in total. The Morgan fingerprint density at radius 3 is 3.00 bits per heavy atom. The summed E-state index contributed by atoms with van der Waals surface area (Å²) in [5.41, 5.74) is 0. The fraction of sp³-hybridized carbons (Fsp3) is 0.909. The van der Waals surface area contributed by atoms with Crippen LogP contribution in [-0.2, 0) is 9.53 Å². The lowest BCUT2D eigenvalue weighted by atomic mass is 9.98. The molecule has 0 aromatic heterocycles. The molecule has 0 radical (unpaired) electrons. The van der Waals surface area contributed by atoms with Gasteiger partial charge < -0.3 is 15.4 Å². The number of rotatable bonds is 5. The van der Waals surface area contributed by atoms with Crippen molar-refractivity contribution in [2.24, 2.45) is 5.92 Å². The zero-order chi connectivity index (χ0) is 11.1. The van der Waals surface area contributed by atoms with Gasteiger partial charge in [-0.15, -0.1) is 0 Å². The summed E-state index contributed by atoms with van der Waals surface area (Å²) >= 11 is 0. The number of amides is 1. The van der Waals surface area contributed by atoms with Crippen molar-refractivity contribution in [2.45, 2.75) is 32.2 Å². The second kappa shape index (κ2) is 6.80. The second-order valence-electron chi connectivity index (χ2n) is 4.11. The number of nitrogens with one attached hydrogen (secondary N) is 2. The van der Waals surface area contributed by atoms with Crippen LogP contribution < -0.4 is 10.6 Å². The predicted molar refractivity (Wildman–Crippen MR) is 59.7 cm³/mol. The van der Waals surface area contributed by atoms with E-state index < -0.39 is 0 Å². The summed E-state index contributed by atoms with van der Waals surface area (Å²) in [5.74, 6) is 0.316. The van der Waals surface area contributed by atoms with Crippen LogP contribution in [0.5, 0.6) is 0 Å². The third kappa shape index (κ3) is 4.18. The molecule has 1 fully saturated rings. The van der Waals surface area contributed by atoms with E-state index in [4.69, 9.17) is 4.74 Å². The van der Waals surface area contributed by atoms with Crippen LogP contribution in [0.25, 0.3) is 0 Å². The van der Waals surface area contributed by atoms with E-state index in [2.05, 4.69) is 17.6 Å². The first kappa shape index (κ1) is 12.5. The Hall–Kier alpha value is -0.610. The quantitative estimate of drug-likeness (QED) is 0.702. The van der Waals surface area contributed by atoms with Crippen LogP contribution in [0.2, 0.25) is 0 Å². The minimum atomic E-state index is 0.143. The molecule has 0 aromatic rings. The van der Waals surface area contributed by atoms with Crippen molar-refractivity contribution >= 4 is 5.91 Å². The maximum Gasteiger partial charge on any atom is 0.224 e. The Kier molecular flexibility index (Phi) is 5.65. The molecular weight excluding hydrogens is 192 g/mol. The summed E-state index contributed by atoms with van der Waals surface area (Å²) in [6, 6.07) is 0.157. The molecule has 0 bridgehead atoms. The molecule has 4 heteroatoms. The first-order valence-corrected chi connectivity index (χ1v) is 5.78. The van der Waals surface area contributed by atoms with Gasteiger partial charge in [0.1, 0.15) is 0 Å². The van der Waals surface area contributed by atoms with E-state index in [0.717, 1.165) is 32.4 Å². The van der Waals surface area contributed by atoms with Gasteiger partial charge in [0, 0.05) is 13.7 Å². The van der Waals surface area contributed by atoms with Gasteiger partial charge in [0.05, 0.1) is 18.6 Å². The van der Waals surface area contributed by atoms with Crippen LogP contribution in [-0.4, -0.2) is 38.8 Å². The minimum absolute atomic E-state index is 0.143. The molecule has 2 N–H and O–H groups in total. The fourth-order valence-electron chi connectivity index (χ4n) is 1.86.